The summed E-state index contributed by atoms with van der Waals surface area (Å²) in [7, 11) is 1.72. The molecule has 2 aliphatic rings. The number of nitrogens with zero attached hydrogens (tertiary/aromatic N) is 2. The molecule has 0 bridgehead atoms. The molecule has 132 valence electrons. The van der Waals surface area contributed by atoms with Crippen molar-refractivity contribution in [3.63, 3.8) is 0 Å². The number of ether oxygens (including phenoxy) is 1. The van der Waals surface area contributed by atoms with Crippen molar-refractivity contribution < 1.29 is 9.53 Å². The largest absolute Gasteiger partial charge is 0.496 e. The molecule has 4 heteroatoms. The number of hydrogen-bond donors (Lipinski definition) is 0. The average molecular weight is 330 g/mol. The second-order valence-electron chi connectivity index (χ2n) is 7.17. The fourth-order valence-corrected chi connectivity index (χ4v) is 4.18. The van der Waals surface area contributed by atoms with E-state index in [-0.39, 0.29) is 6.03 Å². The number of aryl methyl sites for hydroxylation is 1. The monoisotopic (exact) mass is 330 g/mol. The zero-order valence-corrected chi connectivity index (χ0v) is 15.0. The lowest BCUT2D eigenvalue weighted by Gasteiger charge is -2.36. The maximum Gasteiger partial charge on any atom is 0.320 e. The summed E-state index contributed by atoms with van der Waals surface area (Å²) in [4.78, 5) is 17.2. The predicted octanol–water partition coefficient (Wildman–Crippen LogP) is 4.09. The molecule has 2 heterocycles. The first-order valence-electron chi connectivity index (χ1n) is 9.40. The number of piperidine rings is 1. The van der Waals surface area contributed by atoms with Crippen molar-refractivity contribution in [1.82, 2.24) is 9.80 Å². The van der Waals surface area contributed by atoms with Crippen LogP contribution >= 0.6 is 0 Å². The van der Waals surface area contributed by atoms with E-state index < -0.39 is 0 Å². The van der Waals surface area contributed by atoms with Crippen LogP contribution in [0.15, 0.2) is 24.3 Å². The Morgan fingerprint density at radius 1 is 1.17 bits per heavy atom. The molecule has 0 saturated carbocycles. The van der Waals surface area contributed by atoms with Gasteiger partial charge in [0.1, 0.15) is 5.75 Å². The zero-order valence-electron chi connectivity index (χ0n) is 15.0. The summed E-state index contributed by atoms with van der Waals surface area (Å²) in [5, 5.41) is 0. The molecule has 3 rings (SSSR count). The number of benzene rings is 1. The Hall–Kier alpha value is -1.71. The van der Waals surface area contributed by atoms with Gasteiger partial charge in [-0.05, 0) is 63.5 Å². The van der Waals surface area contributed by atoms with Crippen LogP contribution in [0.3, 0.4) is 0 Å². The average Bonchev–Trinajstić information content (AvgIpc) is 3.00. The van der Waals surface area contributed by atoms with Gasteiger partial charge in [-0.3, -0.25) is 0 Å². The fraction of sp³-hybridized carbons (Fsp3) is 0.650. The Balaban J connectivity index is 1.64. The standard InChI is InChI=1S/C20H30N2O2/c1-16-10-12-18(13-11-17-8-4-5-9-19(17)24-2)22(16)20(23)21-14-6-3-7-15-21/h4-5,8-9,16,18H,3,6-7,10-15H2,1-2H3/t16-,18-/m1/s1. The molecule has 4 nitrogen and oxygen atoms in total. The first-order chi connectivity index (χ1) is 11.7. The van der Waals surface area contributed by atoms with Crippen LogP contribution in [0.5, 0.6) is 5.75 Å². The highest BCUT2D eigenvalue weighted by Crippen LogP contribution is 2.30. The third-order valence-corrected chi connectivity index (χ3v) is 5.57. The van der Waals surface area contributed by atoms with Crippen molar-refractivity contribution in [3.05, 3.63) is 29.8 Å². The third kappa shape index (κ3) is 3.68. The summed E-state index contributed by atoms with van der Waals surface area (Å²) in [5.74, 6) is 0.956. The number of para-hydroxylation sites is 1. The predicted molar refractivity (Wildman–Crippen MR) is 96.5 cm³/mol. The molecule has 2 saturated heterocycles. The maximum absolute atomic E-state index is 13.0. The van der Waals surface area contributed by atoms with Crippen molar-refractivity contribution in [3.8, 4) is 5.75 Å². The van der Waals surface area contributed by atoms with Crippen molar-refractivity contribution in [2.45, 2.75) is 64.0 Å². The Morgan fingerprint density at radius 2 is 1.92 bits per heavy atom. The van der Waals surface area contributed by atoms with Gasteiger partial charge in [-0.2, -0.15) is 0 Å². The number of methoxy groups -OCH3 is 1. The first kappa shape index (κ1) is 17.1. The molecule has 2 atom stereocenters. The Bertz CT molecular complexity index is 554. The van der Waals surface area contributed by atoms with Crippen LogP contribution in [0.1, 0.15) is 51.0 Å². The van der Waals surface area contributed by atoms with Crippen LogP contribution in [0.25, 0.3) is 0 Å². The van der Waals surface area contributed by atoms with Crippen molar-refractivity contribution >= 4 is 6.03 Å². The van der Waals surface area contributed by atoms with E-state index in [4.69, 9.17) is 4.74 Å². The molecular weight excluding hydrogens is 300 g/mol. The smallest absolute Gasteiger partial charge is 0.320 e. The molecule has 1 aromatic rings. The third-order valence-electron chi connectivity index (χ3n) is 5.57. The van der Waals surface area contributed by atoms with E-state index in [1.54, 1.807) is 7.11 Å². The minimum absolute atomic E-state index is 0.268. The molecule has 0 aromatic heterocycles. The highest BCUT2D eigenvalue weighted by atomic mass is 16.5. The molecule has 1 aromatic carbocycles. The van der Waals surface area contributed by atoms with Gasteiger partial charge in [-0.1, -0.05) is 18.2 Å². The highest BCUT2D eigenvalue weighted by Gasteiger charge is 2.36. The van der Waals surface area contributed by atoms with Gasteiger partial charge in [0.05, 0.1) is 7.11 Å². The summed E-state index contributed by atoms with van der Waals surface area (Å²) < 4.78 is 5.46. The number of likely N-dealkylation sites (tertiary alicyclic amines) is 2. The molecule has 2 amide bonds. The number of carbonyl (C=O) groups is 1. The molecule has 24 heavy (non-hydrogen) atoms. The van der Waals surface area contributed by atoms with E-state index in [2.05, 4.69) is 28.9 Å². The maximum atomic E-state index is 13.0. The lowest BCUT2D eigenvalue weighted by Crippen LogP contribution is -2.49. The quantitative estimate of drug-likeness (QED) is 0.833. The summed E-state index contributed by atoms with van der Waals surface area (Å²) in [5.41, 5.74) is 1.24. The van der Waals surface area contributed by atoms with Crippen molar-refractivity contribution in [2.75, 3.05) is 20.2 Å². The van der Waals surface area contributed by atoms with Gasteiger partial charge >= 0.3 is 6.03 Å². The second kappa shape index (κ2) is 7.91. The first-order valence-corrected chi connectivity index (χ1v) is 9.40. The molecule has 2 aliphatic heterocycles. The van der Waals surface area contributed by atoms with Crippen LogP contribution in [0, 0.1) is 0 Å². The van der Waals surface area contributed by atoms with E-state index in [0.29, 0.717) is 12.1 Å². The molecule has 0 unspecified atom stereocenters. The summed E-state index contributed by atoms with van der Waals surface area (Å²) in [6, 6.07) is 9.21. The van der Waals surface area contributed by atoms with Gasteiger partial charge in [0.15, 0.2) is 0 Å². The molecule has 0 radical (unpaired) electrons. The lowest BCUT2D eigenvalue weighted by molar-refractivity contribution is 0.124. The van der Waals surface area contributed by atoms with Gasteiger partial charge < -0.3 is 14.5 Å². The van der Waals surface area contributed by atoms with E-state index in [9.17, 15) is 4.79 Å². The van der Waals surface area contributed by atoms with E-state index in [1.165, 1.54) is 12.0 Å². The van der Waals surface area contributed by atoms with Gasteiger partial charge in [0.2, 0.25) is 0 Å². The van der Waals surface area contributed by atoms with Crippen LogP contribution < -0.4 is 4.74 Å². The molecular formula is C20H30N2O2. The van der Waals surface area contributed by atoms with E-state index in [0.717, 1.165) is 57.4 Å². The number of amides is 2. The number of urea groups is 1. The second-order valence-corrected chi connectivity index (χ2v) is 7.17. The molecule has 0 spiro atoms. The van der Waals surface area contributed by atoms with E-state index in [1.807, 2.05) is 12.1 Å². The Labute approximate surface area is 145 Å². The van der Waals surface area contributed by atoms with Crippen LogP contribution in [-0.2, 0) is 6.42 Å². The normalized spacial score (nSPS) is 24.2. The van der Waals surface area contributed by atoms with Crippen LogP contribution in [-0.4, -0.2) is 48.1 Å². The molecule has 0 N–H and O–H groups in total. The van der Waals surface area contributed by atoms with Gasteiger partial charge in [-0.15, -0.1) is 0 Å². The van der Waals surface area contributed by atoms with Crippen molar-refractivity contribution in [1.29, 1.82) is 0 Å². The molecule has 0 aliphatic carbocycles. The van der Waals surface area contributed by atoms with Gasteiger partial charge in [-0.25, -0.2) is 4.79 Å². The summed E-state index contributed by atoms with van der Waals surface area (Å²) in [6.07, 6.45) is 7.79. The minimum Gasteiger partial charge on any atom is -0.496 e. The van der Waals surface area contributed by atoms with Crippen LogP contribution in [0.2, 0.25) is 0 Å². The zero-order chi connectivity index (χ0) is 16.9. The number of hydrogen-bond acceptors (Lipinski definition) is 2. The summed E-state index contributed by atoms with van der Waals surface area (Å²) >= 11 is 0. The number of rotatable bonds is 4. The molecule has 2 fully saturated rings. The van der Waals surface area contributed by atoms with E-state index >= 15 is 0 Å². The van der Waals surface area contributed by atoms with Gasteiger partial charge in [0.25, 0.3) is 0 Å². The van der Waals surface area contributed by atoms with Gasteiger partial charge in [0, 0.05) is 25.2 Å². The SMILES string of the molecule is COc1ccccc1CC[C@H]1CC[C@@H](C)N1C(=O)N1CCCCC1. The highest BCUT2D eigenvalue weighted by molar-refractivity contribution is 5.75. The topological polar surface area (TPSA) is 32.8 Å². The van der Waals surface area contributed by atoms with Crippen molar-refractivity contribution in [2.24, 2.45) is 0 Å². The Kier molecular flexibility index (Phi) is 5.64. The fourth-order valence-electron chi connectivity index (χ4n) is 4.18. The Morgan fingerprint density at radius 3 is 2.67 bits per heavy atom. The lowest BCUT2D eigenvalue weighted by atomic mass is 10.0. The minimum atomic E-state index is 0.268. The summed E-state index contributed by atoms with van der Waals surface area (Å²) in [6.45, 7) is 4.06. The number of carbonyl (C=O) groups excluding carboxylic acids is 1. The van der Waals surface area contributed by atoms with Crippen LogP contribution in [0.4, 0.5) is 4.79 Å².